The minimum absolute atomic E-state index is 0.167. The van der Waals surface area contributed by atoms with E-state index in [0.717, 1.165) is 19.4 Å². The summed E-state index contributed by atoms with van der Waals surface area (Å²) in [6, 6.07) is 0.392. The highest BCUT2D eigenvalue weighted by Gasteiger charge is 2.18. The molecule has 0 rings (SSSR count). The van der Waals surface area contributed by atoms with Crippen LogP contribution in [0.5, 0.6) is 0 Å². The van der Waals surface area contributed by atoms with Crippen LogP contribution in [0.4, 0.5) is 0 Å². The van der Waals surface area contributed by atoms with E-state index in [1.807, 2.05) is 0 Å². The van der Waals surface area contributed by atoms with Crippen LogP contribution in [0.1, 0.15) is 47.0 Å². The van der Waals surface area contributed by atoms with Gasteiger partial charge < -0.3 is 16.0 Å². The van der Waals surface area contributed by atoms with Crippen LogP contribution in [0.15, 0.2) is 0 Å². The number of rotatable bonds is 10. The first-order valence-electron chi connectivity index (χ1n) is 7.92. The quantitative estimate of drug-likeness (QED) is 0.646. The Morgan fingerprint density at radius 1 is 1.10 bits per heavy atom. The largest absolute Gasteiger partial charge is 0.355 e. The second kappa shape index (κ2) is 10.2. The summed E-state index contributed by atoms with van der Waals surface area (Å²) in [5, 5.41) is 3.07. The predicted octanol–water partition coefficient (Wildman–Crippen LogP) is 2.09. The summed E-state index contributed by atoms with van der Waals surface area (Å²) in [5.41, 5.74) is 5.63. The lowest BCUT2D eigenvalue weighted by Gasteiger charge is -2.28. The zero-order valence-corrected chi connectivity index (χ0v) is 14.3. The first-order chi connectivity index (χ1) is 9.29. The molecule has 0 aromatic rings. The number of carbonyl (C=O) groups is 1. The van der Waals surface area contributed by atoms with Crippen molar-refractivity contribution in [3.63, 3.8) is 0 Å². The number of carbonyl (C=O) groups excluding carboxylic acids is 1. The van der Waals surface area contributed by atoms with E-state index in [-0.39, 0.29) is 5.91 Å². The summed E-state index contributed by atoms with van der Waals surface area (Å²) >= 11 is 0. The molecule has 2 atom stereocenters. The number of likely N-dealkylation sites (N-methyl/N-ethyl adjacent to an activating group) is 1. The zero-order valence-electron chi connectivity index (χ0n) is 14.3. The van der Waals surface area contributed by atoms with Crippen LogP contribution in [0.3, 0.4) is 0 Å². The third-order valence-electron chi connectivity index (χ3n) is 4.16. The maximum atomic E-state index is 12.0. The molecule has 0 aliphatic heterocycles. The lowest BCUT2D eigenvalue weighted by atomic mass is 9.88. The molecule has 0 saturated carbocycles. The van der Waals surface area contributed by atoms with E-state index in [9.17, 15) is 4.79 Å². The number of nitrogens with zero attached hydrogens (tertiary/aromatic N) is 1. The van der Waals surface area contributed by atoms with Gasteiger partial charge in [-0.3, -0.25) is 4.79 Å². The van der Waals surface area contributed by atoms with Gasteiger partial charge in [0.05, 0.1) is 0 Å². The van der Waals surface area contributed by atoms with Gasteiger partial charge in [-0.1, -0.05) is 27.7 Å². The Hall–Kier alpha value is -0.610. The smallest absolute Gasteiger partial charge is 0.220 e. The lowest BCUT2D eigenvalue weighted by Crippen LogP contribution is -2.43. The minimum Gasteiger partial charge on any atom is -0.355 e. The minimum atomic E-state index is 0.167. The second-order valence-electron chi connectivity index (χ2n) is 6.70. The summed E-state index contributed by atoms with van der Waals surface area (Å²) in [6.45, 7) is 10.2. The molecule has 0 aromatic heterocycles. The van der Waals surface area contributed by atoms with Crippen molar-refractivity contribution in [2.45, 2.75) is 53.0 Å². The number of nitrogens with two attached hydrogens (primary N) is 1. The average Bonchev–Trinajstić information content (AvgIpc) is 2.33. The molecular weight excluding hydrogens is 250 g/mol. The van der Waals surface area contributed by atoms with E-state index in [2.05, 4.69) is 52.0 Å². The molecule has 1 amide bonds. The highest BCUT2D eigenvalue weighted by atomic mass is 16.1. The third-order valence-corrected chi connectivity index (χ3v) is 4.16. The van der Waals surface area contributed by atoms with Gasteiger partial charge in [0.2, 0.25) is 5.91 Å². The van der Waals surface area contributed by atoms with Gasteiger partial charge in [0, 0.05) is 19.0 Å². The van der Waals surface area contributed by atoms with Crippen LogP contribution in [-0.2, 0) is 4.79 Å². The molecule has 0 bridgehead atoms. The first kappa shape index (κ1) is 19.4. The van der Waals surface area contributed by atoms with Gasteiger partial charge in [0.1, 0.15) is 0 Å². The highest BCUT2D eigenvalue weighted by molar-refractivity contribution is 5.75. The molecule has 0 aliphatic carbocycles. The summed E-state index contributed by atoms with van der Waals surface area (Å²) in [4.78, 5) is 14.1. The van der Waals surface area contributed by atoms with Crippen molar-refractivity contribution in [1.82, 2.24) is 10.2 Å². The molecule has 0 aliphatic rings. The summed E-state index contributed by atoms with van der Waals surface area (Å²) in [7, 11) is 4.12. The lowest BCUT2D eigenvalue weighted by molar-refractivity contribution is -0.121. The molecule has 0 radical (unpaired) electrons. The summed E-state index contributed by atoms with van der Waals surface area (Å²) in [5.74, 6) is 1.85. The van der Waals surface area contributed by atoms with Crippen molar-refractivity contribution in [2.75, 3.05) is 27.2 Å². The number of nitrogens with one attached hydrogen (secondary N) is 1. The van der Waals surface area contributed by atoms with E-state index in [4.69, 9.17) is 5.73 Å². The Bertz CT molecular complexity index is 256. The Balaban J connectivity index is 4.10. The molecule has 4 heteroatoms. The van der Waals surface area contributed by atoms with Crippen LogP contribution < -0.4 is 11.1 Å². The van der Waals surface area contributed by atoms with Crippen molar-refractivity contribution in [1.29, 1.82) is 0 Å². The normalized spacial score (nSPS) is 14.9. The maximum absolute atomic E-state index is 12.0. The Morgan fingerprint density at radius 2 is 1.70 bits per heavy atom. The SMILES string of the molecule is CC(C)C(CCN)CCC(=O)NCC(C(C)C)N(C)C. The first-order valence-corrected chi connectivity index (χ1v) is 7.92. The summed E-state index contributed by atoms with van der Waals surface area (Å²) < 4.78 is 0. The van der Waals surface area contributed by atoms with Crippen molar-refractivity contribution in [3.8, 4) is 0 Å². The van der Waals surface area contributed by atoms with Crippen molar-refractivity contribution >= 4 is 5.91 Å². The Kier molecular flexibility index (Phi) is 9.86. The summed E-state index contributed by atoms with van der Waals surface area (Å²) in [6.07, 6.45) is 2.56. The predicted molar refractivity (Wildman–Crippen MR) is 86.6 cm³/mol. The van der Waals surface area contributed by atoms with Gasteiger partial charge in [-0.05, 0) is 51.2 Å². The fourth-order valence-corrected chi connectivity index (χ4v) is 2.66. The van der Waals surface area contributed by atoms with E-state index in [1.54, 1.807) is 0 Å². The van der Waals surface area contributed by atoms with E-state index in [1.165, 1.54) is 0 Å². The zero-order chi connectivity index (χ0) is 15.7. The van der Waals surface area contributed by atoms with Gasteiger partial charge in [-0.25, -0.2) is 0 Å². The fourth-order valence-electron chi connectivity index (χ4n) is 2.66. The Morgan fingerprint density at radius 3 is 2.10 bits per heavy atom. The number of hydrogen-bond acceptors (Lipinski definition) is 3. The van der Waals surface area contributed by atoms with Crippen LogP contribution >= 0.6 is 0 Å². The van der Waals surface area contributed by atoms with E-state index < -0.39 is 0 Å². The molecule has 0 aromatic carbocycles. The molecule has 0 fully saturated rings. The van der Waals surface area contributed by atoms with E-state index >= 15 is 0 Å². The van der Waals surface area contributed by atoms with E-state index in [0.29, 0.717) is 36.8 Å². The van der Waals surface area contributed by atoms with Gasteiger partial charge in [0.15, 0.2) is 0 Å². The molecule has 20 heavy (non-hydrogen) atoms. The average molecular weight is 285 g/mol. The molecule has 0 saturated heterocycles. The van der Waals surface area contributed by atoms with Crippen molar-refractivity contribution in [2.24, 2.45) is 23.5 Å². The van der Waals surface area contributed by atoms with Crippen LogP contribution in [-0.4, -0.2) is 44.0 Å². The topological polar surface area (TPSA) is 58.4 Å². The van der Waals surface area contributed by atoms with Crippen molar-refractivity contribution in [3.05, 3.63) is 0 Å². The van der Waals surface area contributed by atoms with Gasteiger partial charge in [-0.2, -0.15) is 0 Å². The third kappa shape index (κ3) is 7.85. The van der Waals surface area contributed by atoms with Crippen LogP contribution in [0.2, 0.25) is 0 Å². The molecule has 2 unspecified atom stereocenters. The standard InChI is InChI=1S/C16H35N3O/c1-12(2)14(9-10-17)7-8-16(20)18-11-15(13(3)4)19(5)6/h12-15H,7-11,17H2,1-6H3,(H,18,20). The van der Waals surface area contributed by atoms with Gasteiger partial charge >= 0.3 is 0 Å². The number of hydrogen-bond donors (Lipinski definition) is 2. The fraction of sp³-hybridized carbons (Fsp3) is 0.938. The number of amides is 1. The van der Waals surface area contributed by atoms with Crippen LogP contribution in [0.25, 0.3) is 0 Å². The Labute approximate surface area is 125 Å². The van der Waals surface area contributed by atoms with Crippen LogP contribution in [0, 0.1) is 17.8 Å². The monoisotopic (exact) mass is 285 g/mol. The molecule has 3 N–H and O–H groups in total. The molecule has 0 spiro atoms. The molecule has 0 heterocycles. The highest BCUT2D eigenvalue weighted by Crippen LogP contribution is 2.20. The maximum Gasteiger partial charge on any atom is 0.220 e. The second-order valence-corrected chi connectivity index (χ2v) is 6.70. The molecule has 4 nitrogen and oxygen atoms in total. The molecular formula is C16H35N3O. The van der Waals surface area contributed by atoms with Gasteiger partial charge in [0.25, 0.3) is 0 Å². The molecule has 120 valence electrons. The van der Waals surface area contributed by atoms with Gasteiger partial charge in [-0.15, -0.1) is 0 Å². The van der Waals surface area contributed by atoms with Crippen molar-refractivity contribution < 1.29 is 4.79 Å².